The number of benzene rings is 1. The van der Waals surface area contributed by atoms with Gasteiger partial charge >= 0.3 is 0 Å². The van der Waals surface area contributed by atoms with Crippen molar-refractivity contribution in [3.05, 3.63) is 46.5 Å². The summed E-state index contributed by atoms with van der Waals surface area (Å²) < 4.78 is 1.70. The molecular weight excluding hydrogens is 271 g/mol. The third-order valence-corrected chi connectivity index (χ3v) is 3.06. The van der Waals surface area contributed by atoms with Crippen LogP contribution in [0.3, 0.4) is 0 Å². The molecule has 0 atom stereocenters. The van der Waals surface area contributed by atoms with E-state index in [1.165, 1.54) is 0 Å². The van der Waals surface area contributed by atoms with Crippen LogP contribution in [0.25, 0.3) is 16.7 Å². The SMILES string of the molecule is Cc1cccc(-n2ncc3c(Cl)nc(Cl)nc32)c1. The maximum Gasteiger partial charge on any atom is 0.225 e. The van der Waals surface area contributed by atoms with Crippen molar-refractivity contribution < 1.29 is 0 Å². The van der Waals surface area contributed by atoms with Gasteiger partial charge in [0.05, 0.1) is 17.3 Å². The molecule has 0 aliphatic carbocycles. The van der Waals surface area contributed by atoms with E-state index >= 15 is 0 Å². The lowest BCUT2D eigenvalue weighted by Gasteiger charge is -2.04. The van der Waals surface area contributed by atoms with Gasteiger partial charge in [-0.05, 0) is 36.2 Å². The van der Waals surface area contributed by atoms with E-state index < -0.39 is 0 Å². The first kappa shape index (κ1) is 11.4. The Bertz CT molecular complexity index is 736. The van der Waals surface area contributed by atoms with Gasteiger partial charge in [-0.15, -0.1) is 0 Å². The van der Waals surface area contributed by atoms with Gasteiger partial charge in [0.2, 0.25) is 5.28 Å². The summed E-state index contributed by atoms with van der Waals surface area (Å²) in [6, 6.07) is 7.94. The Kier molecular flexibility index (Phi) is 2.69. The molecular formula is C12H8Cl2N4. The van der Waals surface area contributed by atoms with Crippen molar-refractivity contribution >= 4 is 34.2 Å². The third-order valence-electron chi connectivity index (χ3n) is 2.60. The summed E-state index contributed by atoms with van der Waals surface area (Å²) in [5.41, 5.74) is 2.66. The van der Waals surface area contributed by atoms with Gasteiger partial charge in [-0.3, -0.25) is 0 Å². The maximum absolute atomic E-state index is 6.01. The number of hydrogen-bond acceptors (Lipinski definition) is 3. The molecule has 2 aromatic heterocycles. The normalized spacial score (nSPS) is 11.1. The number of hydrogen-bond donors (Lipinski definition) is 0. The Balaban J connectivity index is 2.30. The second-order valence-corrected chi connectivity index (χ2v) is 4.61. The largest absolute Gasteiger partial charge is 0.225 e. The summed E-state index contributed by atoms with van der Waals surface area (Å²) in [6.45, 7) is 2.02. The first-order chi connectivity index (χ1) is 8.65. The zero-order valence-corrected chi connectivity index (χ0v) is 10.9. The number of rotatable bonds is 1. The Labute approximate surface area is 113 Å². The van der Waals surface area contributed by atoms with Gasteiger partial charge < -0.3 is 0 Å². The summed E-state index contributed by atoms with van der Waals surface area (Å²) in [5, 5.41) is 5.38. The van der Waals surface area contributed by atoms with Crippen molar-refractivity contribution in [2.75, 3.05) is 0 Å². The van der Waals surface area contributed by atoms with E-state index in [0.29, 0.717) is 16.2 Å². The molecule has 2 heterocycles. The molecule has 0 aliphatic rings. The second kappa shape index (κ2) is 4.23. The number of aryl methyl sites for hydroxylation is 1. The minimum Gasteiger partial charge on any atom is -0.215 e. The summed E-state index contributed by atoms with van der Waals surface area (Å²) in [6.07, 6.45) is 1.64. The zero-order valence-electron chi connectivity index (χ0n) is 9.43. The Morgan fingerprint density at radius 3 is 2.78 bits per heavy atom. The molecule has 0 saturated heterocycles. The Hall–Kier alpha value is -1.65. The fraction of sp³-hybridized carbons (Fsp3) is 0.0833. The van der Waals surface area contributed by atoms with Crippen molar-refractivity contribution in [1.82, 2.24) is 19.7 Å². The second-order valence-electron chi connectivity index (χ2n) is 3.92. The number of fused-ring (bicyclic) bond motifs is 1. The van der Waals surface area contributed by atoms with Crippen LogP contribution < -0.4 is 0 Å². The molecule has 0 bridgehead atoms. The molecule has 0 spiro atoms. The van der Waals surface area contributed by atoms with Crippen LogP contribution in [-0.2, 0) is 0 Å². The molecule has 3 aromatic rings. The lowest BCUT2D eigenvalue weighted by molar-refractivity contribution is 0.894. The van der Waals surface area contributed by atoms with E-state index in [2.05, 4.69) is 15.1 Å². The van der Waals surface area contributed by atoms with Gasteiger partial charge in [-0.25, -0.2) is 9.67 Å². The van der Waals surface area contributed by atoms with Gasteiger partial charge in [0.25, 0.3) is 0 Å². The van der Waals surface area contributed by atoms with E-state index in [0.717, 1.165) is 11.3 Å². The van der Waals surface area contributed by atoms with Crippen molar-refractivity contribution in [2.24, 2.45) is 0 Å². The molecule has 3 rings (SSSR count). The van der Waals surface area contributed by atoms with E-state index in [-0.39, 0.29) is 5.28 Å². The molecule has 0 N–H and O–H groups in total. The van der Waals surface area contributed by atoms with E-state index in [9.17, 15) is 0 Å². The lowest BCUT2D eigenvalue weighted by atomic mass is 10.2. The summed E-state index contributed by atoms with van der Waals surface area (Å²) in [7, 11) is 0. The number of nitrogens with zero attached hydrogens (tertiary/aromatic N) is 4. The van der Waals surface area contributed by atoms with Gasteiger partial charge in [0.15, 0.2) is 5.65 Å². The van der Waals surface area contributed by atoms with Crippen molar-refractivity contribution in [3.63, 3.8) is 0 Å². The average Bonchev–Trinajstić information content (AvgIpc) is 2.72. The monoisotopic (exact) mass is 278 g/mol. The minimum atomic E-state index is 0.113. The third kappa shape index (κ3) is 1.83. The van der Waals surface area contributed by atoms with Crippen molar-refractivity contribution in [2.45, 2.75) is 6.92 Å². The molecule has 4 nitrogen and oxygen atoms in total. The highest BCUT2D eigenvalue weighted by atomic mass is 35.5. The molecule has 6 heteroatoms. The van der Waals surface area contributed by atoms with Gasteiger partial charge in [-0.1, -0.05) is 23.7 Å². The highest BCUT2D eigenvalue weighted by molar-refractivity contribution is 6.35. The molecule has 0 unspecified atom stereocenters. The van der Waals surface area contributed by atoms with Crippen LogP contribution in [0, 0.1) is 6.92 Å². The molecule has 90 valence electrons. The van der Waals surface area contributed by atoms with Crippen LogP contribution in [0.1, 0.15) is 5.56 Å². The summed E-state index contributed by atoms with van der Waals surface area (Å²) >= 11 is 11.8. The van der Waals surface area contributed by atoms with Gasteiger partial charge in [0.1, 0.15) is 5.15 Å². The first-order valence-corrected chi connectivity index (χ1v) is 6.04. The van der Waals surface area contributed by atoms with Crippen LogP contribution in [0.5, 0.6) is 0 Å². The predicted octanol–water partition coefficient (Wildman–Crippen LogP) is 3.43. The zero-order chi connectivity index (χ0) is 12.7. The standard InChI is InChI=1S/C12H8Cl2N4/c1-7-3-2-4-8(5-7)18-11-9(6-15-18)10(13)16-12(14)17-11/h2-6H,1H3. The molecule has 1 aromatic carbocycles. The summed E-state index contributed by atoms with van der Waals surface area (Å²) in [4.78, 5) is 8.07. The molecule has 0 aliphatic heterocycles. The fourth-order valence-electron chi connectivity index (χ4n) is 1.80. The molecule has 0 fully saturated rings. The first-order valence-electron chi connectivity index (χ1n) is 5.29. The highest BCUT2D eigenvalue weighted by Gasteiger charge is 2.11. The Morgan fingerprint density at radius 2 is 2.00 bits per heavy atom. The smallest absolute Gasteiger partial charge is 0.215 e. The minimum absolute atomic E-state index is 0.113. The van der Waals surface area contributed by atoms with E-state index in [1.807, 2.05) is 31.2 Å². The van der Waals surface area contributed by atoms with Gasteiger partial charge in [-0.2, -0.15) is 10.1 Å². The van der Waals surface area contributed by atoms with Crippen LogP contribution >= 0.6 is 23.2 Å². The fourth-order valence-corrected chi connectivity index (χ4v) is 2.22. The number of halogens is 2. The lowest BCUT2D eigenvalue weighted by Crippen LogP contribution is -1.98. The molecule has 0 saturated carbocycles. The predicted molar refractivity (Wildman–Crippen MR) is 71.4 cm³/mol. The molecule has 0 amide bonds. The van der Waals surface area contributed by atoms with Crippen LogP contribution in [0.4, 0.5) is 0 Å². The van der Waals surface area contributed by atoms with Crippen molar-refractivity contribution in [3.8, 4) is 5.69 Å². The molecule has 18 heavy (non-hydrogen) atoms. The number of aromatic nitrogens is 4. The average molecular weight is 279 g/mol. The van der Waals surface area contributed by atoms with E-state index in [1.54, 1.807) is 10.9 Å². The molecule has 0 radical (unpaired) electrons. The summed E-state index contributed by atoms with van der Waals surface area (Å²) in [5.74, 6) is 0. The van der Waals surface area contributed by atoms with Crippen molar-refractivity contribution in [1.29, 1.82) is 0 Å². The topological polar surface area (TPSA) is 43.6 Å². The van der Waals surface area contributed by atoms with Gasteiger partial charge in [0, 0.05) is 0 Å². The van der Waals surface area contributed by atoms with Crippen LogP contribution in [-0.4, -0.2) is 19.7 Å². The van der Waals surface area contributed by atoms with E-state index in [4.69, 9.17) is 23.2 Å². The quantitative estimate of drug-likeness (QED) is 0.506. The maximum atomic E-state index is 6.01. The van der Waals surface area contributed by atoms with Crippen LogP contribution in [0.15, 0.2) is 30.5 Å². The highest BCUT2D eigenvalue weighted by Crippen LogP contribution is 2.24. The van der Waals surface area contributed by atoms with Crippen LogP contribution in [0.2, 0.25) is 10.4 Å². The Morgan fingerprint density at radius 1 is 1.17 bits per heavy atom.